The Morgan fingerprint density at radius 3 is 2.44 bits per heavy atom. The quantitative estimate of drug-likeness (QED) is 0.253. The Balaban J connectivity index is 0.000000202. The summed E-state index contributed by atoms with van der Waals surface area (Å²) < 4.78 is 16.8. The first kappa shape index (κ1) is 25.4. The smallest absolute Gasteiger partial charge is 0.170 e. The largest absolute Gasteiger partial charge is 0.393 e. The molecule has 2 saturated carbocycles. The molecule has 0 radical (unpaired) electrons. The van der Waals surface area contributed by atoms with Gasteiger partial charge in [0.05, 0.1) is 33.6 Å². The van der Waals surface area contributed by atoms with Gasteiger partial charge in [0, 0.05) is 22.4 Å². The van der Waals surface area contributed by atoms with Crippen LogP contribution in [0.25, 0.3) is 21.3 Å². The maximum absolute atomic E-state index is 10.4. The number of ether oxygens (including phenoxy) is 1. The number of rotatable bonds is 6. The van der Waals surface area contributed by atoms with Crippen molar-refractivity contribution in [3.63, 3.8) is 0 Å². The van der Waals surface area contributed by atoms with E-state index < -0.39 is 0 Å². The average Bonchev–Trinajstić information content (AvgIpc) is 3.51. The van der Waals surface area contributed by atoms with E-state index in [-0.39, 0.29) is 12.2 Å². The van der Waals surface area contributed by atoms with Crippen LogP contribution in [0.15, 0.2) is 47.0 Å². The number of carbonyl (C=O) groups is 1. The Labute approximate surface area is 223 Å². The topological polar surface area (TPSA) is 85.5 Å². The summed E-state index contributed by atoms with van der Waals surface area (Å²) in [6.45, 7) is 0.437. The number of fused-ring (bicyclic) bond motifs is 1. The van der Waals surface area contributed by atoms with Crippen LogP contribution < -0.4 is 0 Å². The minimum atomic E-state index is -0.185. The summed E-state index contributed by atoms with van der Waals surface area (Å²) in [6.07, 6.45) is 6.37. The number of aliphatic hydroxyl groups excluding tert-OH is 1. The molecule has 0 aliphatic heterocycles. The Kier molecular flexibility index (Phi) is 8.03. The van der Waals surface area contributed by atoms with Crippen LogP contribution in [-0.4, -0.2) is 33.1 Å². The first-order chi connectivity index (χ1) is 17.5. The molecule has 0 atom stereocenters. The maximum atomic E-state index is 10.4. The summed E-state index contributed by atoms with van der Waals surface area (Å²) in [5.74, 6) is 1.33. The van der Waals surface area contributed by atoms with Crippen LogP contribution in [0.5, 0.6) is 0 Å². The van der Waals surface area contributed by atoms with Crippen LogP contribution in [0.3, 0.4) is 0 Å². The van der Waals surface area contributed by atoms with Crippen LogP contribution in [0, 0.1) is 0 Å². The molecule has 0 amide bonds. The van der Waals surface area contributed by atoms with Gasteiger partial charge in [-0.1, -0.05) is 52.6 Å². The van der Waals surface area contributed by atoms with Crippen molar-refractivity contribution in [3.8, 4) is 11.3 Å². The lowest BCUT2D eigenvalue weighted by Gasteiger charge is -2.25. The molecule has 2 aliphatic rings. The molecule has 0 bridgehead atoms. The second-order valence-corrected chi connectivity index (χ2v) is 10.8. The molecule has 6 nitrogen and oxygen atoms in total. The molecule has 2 aliphatic carbocycles. The average molecular weight is 545 g/mol. The third kappa shape index (κ3) is 5.66. The van der Waals surface area contributed by atoms with E-state index in [1.165, 1.54) is 11.5 Å². The number of aliphatic hydroxyl groups is 1. The minimum absolute atomic E-state index is 0.167. The van der Waals surface area contributed by atoms with E-state index in [0.29, 0.717) is 39.5 Å². The molecule has 2 aromatic carbocycles. The summed E-state index contributed by atoms with van der Waals surface area (Å²) in [4.78, 5) is 10.4. The van der Waals surface area contributed by atoms with Crippen LogP contribution in [0.4, 0.5) is 0 Å². The van der Waals surface area contributed by atoms with Crippen LogP contribution in [0.1, 0.15) is 66.3 Å². The number of aromatic nitrogens is 2. The van der Waals surface area contributed by atoms with Gasteiger partial charge < -0.3 is 14.4 Å². The number of carbonyl (C=O) groups excluding carboxylic acids is 1. The fraction of sp³-hybridized carbons (Fsp3) is 0.370. The van der Waals surface area contributed by atoms with Gasteiger partial charge >= 0.3 is 0 Å². The van der Waals surface area contributed by atoms with E-state index in [4.69, 9.17) is 32.5 Å². The molecule has 1 N–H and O–H groups in total. The molecule has 2 aromatic heterocycles. The van der Waals surface area contributed by atoms with E-state index in [9.17, 15) is 9.90 Å². The lowest BCUT2D eigenvalue weighted by atomic mass is 9.95. The van der Waals surface area contributed by atoms with Crippen LogP contribution in [0.2, 0.25) is 10.0 Å². The second kappa shape index (κ2) is 11.4. The molecule has 188 valence electrons. The van der Waals surface area contributed by atoms with Crippen molar-refractivity contribution in [3.05, 3.63) is 69.5 Å². The van der Waals surface area contributed by atoms with Gasteiger partial charge in [-0.25, -0.2) is 0 Å². The van der Waals surface area contributed by atoms with Crippen molar-refractivity contribution in [2.24, 2.45) is 0 Å². The number of hydrogen-bond acceptors (Lipinski definition) is 7. The van der Waals surface area contributed by atoms with Gasteiger partial charge in [-0.2, -0.15) is 4.37 Å². The van der Waals surface area contributed by atoms with E-state index in [0.717, 1.165) is 66.2 Å². The van der Waals surface area contributed by atoms with Crippen molar-refractivity contribution in [1.82, 2.24) is 9.53 Å². The van der Waals surface area contributed by atoms with Gasteiger partial charge in [-0.3, -0.25) is 4.79 Å². The van der Waals surface area contributed by atoms with Crippen molar-refractivity contribution in [2.45, 2.75) is 63.3 Å². The number of benzene rings is 2. The van der Waals surface area contributed by atoms with E-state index in [1.807, 2.05) is 30.3 Å². The second-order valence-electron chi connectivity index (χ2n) is 9.17. The van der Waals surface area contributed by atoms with E-state index in [2.05, 4.69) is 9.53 Å². The molecule has 9 heteroatoms. The Bertz CT molecular complexity index is 1320. The van der Waals surface area contributed by atoms with Crippen molar-refractivity contribution in [2.75, 3.05) is 0 Å². The molecule has 4 aromatic rings. The lowest BCUT2D eigenvalue weighted by molar-refractivity contribution is -0.0121. The van der Waals surface area contributed by atoms with Gasteiger partial charge in [0.15, 0.2) is 6.29 Å². The summed E-state index contributed by atoms with van der Waals surface area (Å²) >= 11 is 14.1. The molecule has 2 heterocycles. The summed E-state index contributed by atoms with van der Waals surface area (Å²) in [7, 11) is 0. The van der Waals surface area contributed by atoms with E-state index in [1.54, 1.807) is 12.1 Å². The normalized spacial score (nSPS) is 19.6. The molecular weight excluding hydrogens is 519 g/mol. The summed E-state index contributed by atoms with van der Waals surface area (Å²) in [6, 6.07) is 13.1. The highest BCUT2D eigenvalue weighted by Crippen LogP contribution is 2.46. The van der Waals surface area contributed by atoms with Crippen molar-refractivity contribution < 1.29 is 19.2 Å². The number of hydrogen-bond donors (Lipinski definition) is 1. The van der Waals surface area contributed by atoms with Gasteiger partial charge in [0.25, 0.3) is 0 Å². The van der Waals surface area contributed by atoms with Gasteiger partial charge in [0.1, 0.15) is 17.1 Å². The fourth-order valence-corrected chi connectivity index (χ4v) is 5.78. The summed E-state index contributed by atoms with van der Waals surface area (Å²) in [5, 5.41) is 16.0. The SMILES string of the molecule is O=Cc1nsc2ccccc12.OC1CCC(OCc2c(-c3c(Cl)cccc3Cl)noc2C2CC2)CC1. The molecule has 36 heavy (non-hydrogen) atoms. The zero-order valence-corrected chi connectivity index (χ0v) is 21.9. The third-order valence-corrected chi connectivity index (χ3v) is 8.06. The Hall–Kier alpha value is -2.29. The molecular formula is C27H26Cl2N2O4S. The predicted molar refractivity (Wildman–Crippen MR) is 142 cm³/mol. The van der Waals surface area contributed by atoms with Crippen LogP contribution in [-0.2, 0) is 11.3 Å². The highest BCUT2D eigenvalue weighted by molar-refractivity contribution is 7.13. The Morgan fingerprint density at radius 2 is 1.75 bits per heavy atom. The maximum Gasteiger partial charge on any atom is 0.170 e. The van der Waals surface area contributed by atoms with Crippen molar-refractivity contribution >= 4 is 51.1 Å². The van der Waals surface area contributed by atoms with Gasteiger partial charge in [0.2, 0.25) is 0 Å². The number of nitrogens with zero attached hydrogens (tertiary/aromatic N) is 2. The zero-order valence-electron chi connectivity index (χ0n) is 19.5. The predicted octanol–water partition coefficient (Wildman–Crippen LogP) is 7.45. The fourth-order valence-electron chi connectivity index (χ4n) is 4.45. The number of aldehydes is 1. The Morgan fingerprint density at radius 1 is 1.03 bits per heavy atom. The third-order valence-electron chi connectivity index (χ3n) is 6.59. The molecule has 2 fully saturated rings. The highest BCUT2D eigenvalue weighted by Gasteiger charge is 2.34. The minimum Gasteiger partial charge on any atom is -0.393 e. The zero-order chi connectivity index (χ0) is 25.1. The highest BCUT2D eigenvalue weighted by atomic mass is 35.5. The standard InChI is InChI=1S/C19H21Cl2NO3.C8H5NOS/c20-15-2-1-3-16(21)17(15)18-14(19(25-22-18)11-4-5-11)10-24-13-8-6-12(23)7-9-13;10-5-7-6-3-1-2-4-8(6)11-9-7/h1-3,11-13,23H,4-10H2;1-5H. The number of halogens is 2. The first-order valence-electron chi connectivity index (χ1n) is 12.1. The molecule has 0 saturated heterocycles. The monoisotopic (exact) mass is 544 g/mol. The lowest BCUT2D eigenvalue weighted by Crippen LogP contribution is -2.24. The molecule has 6 rings (SSSR count). The van der Waals surface area contributed by atoms with Crippen molar-refractivity contribution in [1.29, 1.82) is 0 Å². The molecule has 0 unspecified atom stereocenters. The molecule has 0 spiro atoms. The van der Waals surface area contributed by atoms with Gasteiger partial charge in [-0.05, 0) is 68.3 Å². The first-order valence-corrected chi connectivity index (χ1v) is 13.6. The van der Waals surface area contributed by atoms with E-state index >= 15 is 0 Å². The van der Waals surface area contributed by atoms with Gasteiger partial charge in [-0.15, -0.1) is 0 Å². The summed E-state index contributed by atoms with van der Waals surface area (Å²) in [5.41, 5.74) is 2.90. The van der Waals surface area contributed by atoms with Crippen LogP contribution >= 0.6 is 34.7 Å².